The number of carbonyl (C=O) groups excluding carboxylic acids is 3. The fraction of sp³-hybridized carbons (Fsp3) is 0.643. The number of allylic oxidation sites excluding steroid dienone is 1. The molecule has 0 aromatic heterocycles. The van der Waals surface area contributed by atoms with Crippen LogP contribution in [-0.2, 0) is 28.6 Å². The lowest BCUT2D eigenvalue weighted by atomic mass is 9.83. The number of hydrogen-bond donors (Lipinski definition) is 0. The molecule has 0 unspecified atom stereocenters. The molecule has 0 fully saturated rings. The van der Waals surface area contributed by atoms with Crippen molar-refractivity contribution in [3.05, 3.63) is 11.1 Å². The van der Waals surface area contributed by atoms with Crippen molar-refractivity contribution in [3.8, 4) is 0 Å². The van der Waals surface area contributed by atoms with Crippen LogP contribution in [0.1, 0.15) is 26.2 Å². The van der Waals surface area contributed by atoms with E-state index in [0.717, 1.165) is 5.57 Å². The fourth-order valence-corrected chi connectivity index (χ4v) is 2.58. The molecule has 0 radical (unpaired) electrons. The Labute approximate surface area is 118 Å². The molecule has 0 aliphatic heterocycles. The fourth-order valence-electron chi connectivity index (χ4n) is 2.58. The number of esters is 2. The zero-order valence-corrected chi connectivity index (χ0v) is 12.3. The van der Waals surface area contributed by atoms with Crippen molar-refractivity contribution in [2.45, 2.75) is 26.2 Å². The molecule has 0 aromatic carbocycles. The van der Waals surface area contributed by atoms with Crippen LogP contribution >= 0.6 is 0 Å². The Bertz CT molecular complexity index is 433. The maximum Gasteiger partial charge on any atom is 0.323 e. The van der Waals surface area contributed by atoms with Gasteiger partial charge in [-0.15, -0.1) is 0 Å². The quantitative estimate of drug-likeness (QED) is 0.535. The molecule has 0 heterocycles. The van der Waals surface area contributed by atoms with Crippen molar-refractivity contribution in [2.75, 3.05) is 27.9 Å². The number of hydrogen-bond acceptors (Lipinski definition) is 6. The summed E-state index contributed by atoms with van der Waals surface area (Å²) in [6.45, 7) is 1.80. The smallest absolute Gasteiger partial charge is 0.323 e. The zero-order chi connectivity index (χ0) is 15.3. The Kier molecular flexibility index (Phi) is 5.44. The second-order valence-corrected chi connectivity index (χ2v) is 4.71. The summed E-state index contributed by atoms with van der Waals surface area (Å²) in [4.78, 5) is 36.1. The molecule has 6 nitrogen and oxygen atoms in total. The predicted molar refractivity (Wildman–Crippen MR) is 69.9 cm³/mol. The van der Waals surface area contributed by atoms with E-state index < -0.39 is 17.4 Å². The van der Waals surface area contributed by atoms with Crippen LogP contribution in [0.4, 0.5) is 0 Å². The molecular weight excluding hydrogens is 264 g/mol. The van der Waals surface area contributed by atoms with Crippen molar-refractivity contribution < 1.29 is 28.6 Å². The standard InChI is InChI=1S/C14H20O6/c1-5-9-6-14(12(16)19-3,13(17)20-4)7-10(9)11(15)8-18-2/h5-8H2,1-4H3. The van der Waals surface area contributed by atoms with Gasteiger partial charge in [0.15, 0.2) is 11.2 Å². The van der Waals surface area contributed by atoms with Crippen LogP contribution in [0, 0.1) is 5.41 Å². The highest BCUT2D eigenvalue weighted by Crippen LogP contribution is 2.45. The highest BCUT2D eigenvalue weighted by Gasteiger charge is 2.53. The van der Waals surface area contributed by atoms with Crippen LogP contribution in [0.5, 0.6) is 0 Å². The Morgan fingerprint density at radius 3 is 2.00 bits per heavy atom. The average molecular weight is 284 g/mol. The van der Waals surface area contributed by atoms with Crippen LogP contribution in [0.15, 0.2) is 11.1 Å². The number of rotatable bonds is 6. The first kappa shape index (κ1) is 16.4. The van der Waals surface area contributed by atoms with E-state index in [1.165, 1.54) is 21.3 Å². The summed E-state index contributed by atoms with van der Waals surface area (Å²) in [6, 6.07) is 0. The van der Waals surface area contributed by atoms with E-state index in [9.17, 15) is 14.4 Å². The summed E-state index contributed by atoms with van der Waals surface area (Å²) in [5.41, 5.74) is -0.180. The molecule has 0 saturated heterocycles. The molecular formula is C14H20O6. The third-order valence-electron chi connectivity index (χ3n) is 3.61. The molecule has 0 bridgehead atoms. The largest absolute Gasteiger partial charge is 0.468 e. The van der Waals surface area contributed by atoms with Crippen molar-refractivity contribution in [3.63, 3.8) is 0 Å². The number of ketones is 1. The minimum absolute atomic E-state index is 0.0116. The van der Waals surface area contributed by atoms with E-state index in [4.69, 9.17) is 14.2 Å². The average Bonchev–Trinajstić information content (AvgIpc) is 2.86. The van der Waals surface area contributed by atoms with Crippen LogP contribution in [0.25, 0.3) is 0 Å². The Morgan fingerprint density at radius 2 is 1.60 bits per heavy atom. The first-order chi connectivity index (χ1) is 9.46. The summed E-state index contributed by atoms with van der Waals surface area (Å²) >= 11 is 0. The van der Waals surface area contributed by atoms with E-state index in [0.29, 0.717) is 12.0 Å². The summed E-state index contributed by atoms with van der Waals surface area (Å²) in [6.07, 6.45) is 0.756. The molecule has 1 aliphatic carbocycles. The van der Waals surface area contributed by atoms with Gasteiger partial charge in [-0.3, -0.25) is 14.4 Å². The van der Waals surface area contributed by atoms with Crippen LogP contribution in [0.2, 0.25) is 0 Å². The van der Waals surface area contributed by atoms with Gasteiger partial charge in [0.2, 0.25) is 0 Å². The first-order valence-electron chi connectivity index (χ1n) is 6.36. The first-order valence-corrected chi connectivity index (χ1v) is 6.36. The van der Waals surface area contributed by atoms with Gasteiger partial charge in [-0.1, -0.05) is 12.5 Å². The number of carbonyl (C=O) groups is 3. The molecule has 112 valence electrons. The Hall–Kier alpha value is -1.69. The van der Waals surface area contributed by atoms with Crippen molar-refractivity contribution in [1.29, 1.82) is 0 Å². The number of Topliss-reactive ketones (excluding diaryl/α,β-unsaturated/α-hetero) is 1. The van der Waals surface area contributed by atoms with E-state index in [1.54, 1.807) is 0 Å². The predicted octanol–water partition coefficient (Wildman–Crippen LogP) is 1.03. The second-order valence-electron chi connectivity index (χ2n) is 4.71. The lowest BCUT2D eigenvalue weighted by Gasteiger charge is -2.23. The monoisotopic (exact) mass is 284 g/mol. The minimum Gasteiger partial charge on any atom is -0.468 e. The number of ether oxygens (including phenoxy) is 3. The zero-order valence-electron chi connectivity index (χ0n) is 12.3. The van der Waals surface area contributed by atoms with E-state index in [-0.39, 0.29) is 25.2 Å². The summed E-state index contributed by atoms with van der Waals surface area (Å²) in [5.74, 6) is -1.55. The summed E-state index contributed by atoms with van der Waals surface area (Å²) < 4.78 is 14.3. The van der Waals surface area contributed by atoms with E-state index >= 15 is 0 Å². The Morgan fingerprint density at radius 1 is 1.05 bits per heavy atom. The lowest BCUT2D eigenvalue weighted by Crippen LogP contribution is -2.40. The highest BCUT2D eigenvalue weighted by atomic mass is 16.5. The molecule has 20 heavy (non-hydrogen) atoms. The number of methoxy groups -OCH3 is 3. The molecule has 0 aromatic rings. The third-order valence-corrected chi connectivity index (χ3v) is 3.61. The SMILES string of the molecule is CCC1=C(C(=O)COC)CC(C(=O)OC)(C(=O)OC)C1. The van der Waals surface area contributed by atoms with Gasteiger partial charge in [-0.05, 0) is 18.4 Å². The van der Waals surface area contributed by atoms with Crippen LogP contribution < -0.4 is 0 Å². The molecule has 0 amide bonds. The van der Waals surface area contributed by atoms with Gasteiger partial charge in [0.25, 0.3) is 0 Å². The minimum atomic E-state index is -1.44. The topological polar surface area (TPSA) is 78.9 Å². The van der Waals surface area contributed by atoms with Crippen molar-refractivity contribution in [1.82, 2.24) is 0 Å². The van der Waals surface area contributed by atoms with Gasteiger partial charge in [0, 0.05) is 13.5 Å². The van der Waals surface area contributed by atoms with E-state index in [2.05, 4.69) is 0 Å². The summed E-state index contributed by atoms with van der Waals surface area (Å²) in [5, 5.41) is 0. The molecule has 1 aliphatic rings. The van der Waals surface area contributed by atoms with Gasteiger partial charge in [0.1, 0.15) is 6.61 Å². The Balaban J connectivity index is 3.15. The second kappa shape index (κ2) is 6.65. The van der Waals surface area contributed by atoms with E-state index in [1.807, 2.05) is 6.92 Å². The van der Waals surface area contributed by atoms with Gasteiger partial charge < -0.3 is 14.2 Å². The molecule has 6 heteroatoms. The molecule has 0 saturated carbocycles. The van der Waals surface area contributed by atoms with Crippen molar-refractivity contribution >= 4 is 17.7 Å². The maximum absolute atomic E-state index is 12.0. The normalized spacial score (nSPS) is 17.0. The van der Waals surface area contributed by atoms with Crippen LogP contribution in [-0.4, -0.2) is 45.7 Å². The third kappa shape index (κ3) is 2.75. The summed E-state index contributed by atoms with van der Waals surface area (Å²) in [7, 11) is 3.86. The van der Waals surface area contributed by atoms with Gasteiger partial charge in [0.05, 0.1) is 14.2 Å². The molecule has 0 spiro atoms. The van der Waals surface area contributed by atoms with Gasteiger partial charge >= 0.3 is 11.9 Å². The molecule has 0 N–H and O–H groups in total. The van der Waals surface area contributed by atoms with Crippen molar-refractivity contribution in [2.24, 2.45) is 5.41 Å². The molecule has 1 rings (SSSR count). The maximum atomic E-state index is 12.0. The molecule has 0 atom stereocenters. The lowest BCUT2D eigenvalue weighted by molar-refractivity contribution is -0.168. The van der Waals surface area contributed by atoms with Gasteiger partial charge in [-0.25, -0.2) is 0 Å². The highest BCUT2D eigenvalue weighted by molar-refractivity contribution is 6.06. The van der Waals surface area contributed by atoms with Gasteiger partial charge in [-0.2, -0.15) is 0 Å². The van der Waals surface area contributed by atoms with Crippen LogP contribution in [0.3, 0.4) is 0 Å².